The molecule has 162 valence electrons. The predicted octanol–water partition coefficient (Wildman–Crippen LogP) is 0.946. The Labute approximate surface area is 174 Å². The first-order valence-electron chi connectivity index (χ1n) is 10.2. The molecule has 0 saturated carbocycles. The molecule has 1 N–H and O–H groups in total. The average Bonchev–Trinajstić information content (AvgIpc) is 2.94. The highest BCUT2D eigenvalue weighted by atomic mass is 19.1. The van der Waals surface area contributed by atoms with Crippen molar-refractivity contribution in [1.29, 1.82) is 0 Å². The molecule has 3 saturated heterocycles. The summed E-state index contributed by atoms with van der Waals surface area (Å²) in [6.45, 7) is 5.06. The Hall–Kier alpha value is -2.88. The van der Waals surface area contributed by atoms with Gasteiger partial charge in [0.2, 0.25) is 11.8 Å². The fraction of sp³-hybridized carbons (Fsp3) is 0.550. The summed E-state index contributed by atoms with van der Waals surface area (Å²) in [4.78, 5) is 38.7. The minimum atomic E-state index is -0.560. The van der Waals surface area contributed by atoms with Gasteiger partial charge in [-0.25, -0.2) is 14.2 Å². The van der Waals surface area contributed by atoms with Crippen LogP contribution in [0.15, 0.2) is 18.2 Å². The molecule has 1 aromatic rings. The molecule has 3 aliphatic rings. The van der Waals surface area contributed by atoms with Gasteiger partial charge in [0.1, 0.15) is 11.9 Å². The molecule has 1 aromatic carbocycles. The second kappa shape index (κ2) is 8.47. The maximum atomic E-state index is 15.0. The molecule has 3 fully saturated rings. The van der Waals surface area contributed by atoms with Gasteiger partial charge in [0.15, 0.2) is 0 Å². The van der Waals surface area contributed by atoms with Gasteiger partial charge in [-0.05, 0) is 24.6 Å². The standard InChI is InChI=1S/C20H26FN5O4/c1-14(27)22-12-16-13-25(20(29)30-16)15-4-5-18(17(21)11-15)23-7-9-24-6-2-3-19(28)26(24)10-8-23/h4-5,11,16H,2-3,6-10,12-13H2,1H3,(H,22,27). The van der Waals surface area contributed by atoms with E-state index in [-0.39, 0.29) is 24.9 Å². The van der Waals surface area contributed by atoms with E-state index in [4.69, 9.17) is 4.74 Å². The molecule has 0 spiro atoms. The van der Waals surface area contributed by atoms with Crippen LogP contribution in [0.2, 0.25) is 0 Å². The largest absolute Gasteiger partial charge is 0.442 e. The zero-order valence-electron chi connectivity index (χ0n) is 17.0. The van der Waals surface area contributed by atoms with Crippen LogP contribution in [0.3, 0.4) is 0 Å². The van der Waals surface area contributed by atoms with E-state index in [1.165, 1.54) is 17.9 Å². The molecular weight excluding hydrogens is 393 g/mol. The fourth-order valence-corrected chi connectivity index (χ4v) is 4.14. The summed E-state index contributed by atoms with van der Waals surface area (Å²) in [5, 5.41) is 6.45. The van der Waals surface area contributed by atoms with Crippen molar-refractivity contribution in [3.8, 4) is 0 Å². The number of hydrogen-bond donors (Lipinski definition) is 1. The van der Waals surface area contributed by atoms with Crippen LogP contribution < -0.4 is 15.1 Å². The molecule has 3 aliphatic heterocycles. The Morgan fingerprint density at radius 3 is 2.77 bits per heavy atom. The Kier molecular flexibility index (Phi) is 5.76. The number of carbonyl (C=O) groups is 3. The van der Waals surface area contributed by atoms with Gasteiger partial charge in [-0.2, -0.15) is 0 Å². The zero-order valence-corrected chi connectivity index (χ0v) is 17.0. The minimum Gasteiger partial charge on any atom is -0.442 e. The van der Waals surface area contributed by atoms with E-state index >= 15 is 0 Å². The summed E-state index contributed by atoms with van der Waals surface area (Å²) >= 11 is 0. The molecule has 1 atom stereocenters. The lowest BCUT2D eigenvalue weighted by molar-refractivity contribution is -0.153. The number of rotatable bonds is 4. The van der Waals surface area contributed by atoms with E-state index in [1.807, 2.05) is 9.91 Å². The van der Waals surface area contributed by atoms with E-state index in [1.54, 1.807) is 17.1 Å². The number of cyclic esters (lactones) is 1. The van der Waals surface area contributed by atoms with Gasteiger partial charge < -0.3 is 15.0 Å². The van der Waals surface area contributed by atoms with Crippen molar-refractivity contribution < 1.29 is 23.5 Å². The second-order valence-electron chi connectivity index (χ2n) is 7.75. The molecule has 9 nitrogen and oxygen atoms in total. The molecule has 3 amide bonds. The van der Waals surface area contributed by atoms with E-state index in [2.05, 4.69) is 5.32 Å². The maximum absolute atomic E-state index is 15.0. The van der Waals surface area contributed by atoms with E-state index in [0.717, 1.165) is 13.0 Å². The molecule has 10 heteroatoms. The van der Waals surface area contributed by atoms with Gasteiger partial charge in [-0.1, -0.05) is 0 Å². The van der Waals surface area contributed by atoms with Crippen LogP contribution in [0.1, 0.15) is 19.8 Å². The normalized spacial score (nSPS) is 22.6. The Balaban J connectivity index is 1.44. The smallest absolute Gasteiger partial charge is 0.414 e. The van der Waals surface area contributed by atoms with Crippen LogP contribution in [0.4, 0.5) is 20.6 Å². The summed E-state index contributed by atoms with van der Waals surface area (Å²) in [5.74, 6) is -0.501. The number of amides is 3. The van der Waals surface area contributed by atoms with Crippen molar-refractivity contribution in [1.82, 2.24) is 15.3 Å². The molecular formula is C20H26FN5O4. The lowest BCUT2D eigenvalue weighted by atomic mass is 10.2. The van der Waals surface area contributed by atoms with E-state index < -0.39 is 18.0 Å². The Bertz CT molecular complexity index is 850. The Morgan fingerprint density at radius 1 is 1.20 bits per heavy atom. The van der Waals surface area contributed by atoms with Gasteiger partial charge >= 0.3 is 6.09 Å². The first-order chi connectivity index (χ1) is 14.4. The molecule has 1 unspecified atom stereocenters. The number of nitrogens with one attached hydrogen (secondary N) is 1. The highest BCUT2D eigenvalue weighted by Crippen LogP contribution is 2.29. The first kappa shape index (κ1) is 20.4. The molecule has 0 radical (unpaired) electrons. The van der Waals surface area contributed by atoms with Crippen LogP contribution >= 0.6 is 0 Å². The summed E-state index contributed by atoms with van der Waals surface area (Å²) in [7, 11) is 0. The van der Waals surface area contributed by atoms with Crippen LogP contribution in [-0.2, 0) is 14.3 Å². The van der Waals surface area contributed by atoms with Crippen molar-refractivity contribution in [3.05, 3.63) is 24.0 Å². The van der Waals surface area contributed by atoms with Gasteiger partial charge in [-0.3, -0.25) is 19.5 Å². The van der Waals surface area contributed by atoms with Crippen LogP contribution in [0.5, 0.6) is 0 Å². The van der Waals surface area contributed by atoms with Crippen molar-refractivity contribution in [2.45, 2.75) is 25.9 Å². The predicted molar refractivity (Wildman–Crippen MR) is 107 cm³/mol. The molecule has 0 aromatic heterocycles. The summed E-state index contributed by atoms with van der Waals surface area (Å²) < 4.78 is 20.2. The second-order valence-corrected chi connectivity index (χ2v) is 7.75. The van der Waals surface area contributed by atoms with Crippen molar-refractivity contribution >= 4 is 29.3 Å². The highest BCUT2D eigenvalue weighted by molar-refractivity contribution is 5.90. The number of anilines is 2. The Morgan fingerprint density at radius 2 is 2.00 bits per heavy atom. The van der Waals surface area contributed by atoms with E-state index in [0.29, 0.717) is 44.0 Å². The number of halogens is 1. The summed E-state index contributed by atoms with van der Waals surface area (Å²) in [5.41, 5.74) is 0.868. The number of carbonyl (C=O) groups excluding carboxylic acids is 3. The van der Waals surface area contributed by atoms with Crippen molar-refractivity contribution in [2.24, 2.45) is 0 Å². The topological polar surface area (TPSA) is 85.4 Å². The molecule has 0 bridgehead atoms. The third kappa shape index (κ3) is 4.18. The maximum Gasteiger partial charge on any atom is 0.414 e. The van der Waals surface area contributed by atoms with Crippen LogP contribution in [-0.4, -0.2) is 79.8 Å². The van der Waals surface area contributed by atoms with Crippen LogP contribution in [0.25, 0.3) is 0 Å². The van der Waals surface area contributed by atoms with Gasteiger partial charge in [-0.15, -0.1) is 0 Å². The monoisotopic (exact) mass is 419 g/mol. The SMILES string of the molecule is CC(=O)NCC1CN(c2ccc(N3CCN4CCCC(=O)N4CC3)c(F)c2)C(=O)O1. The number of fused-ring (bicyclic) bond motifs is 1. The van der Waals surface area contributed by atoms with E-state index in [9.17, 15) is 18.8 Å². The molecule has 30 heavy (non-hydrogen) atoms. The zero-order chi connectivity index (χ0) is 21.3. The fourth-order valence-electron chi connectivity index (χ4n) is 4.14. The number of hydrazine groups is 1. The number of benzene rings is 1. The highest BCUT2D eigenvalue weighted by Gasteiger charge is 2.33. The van der Waals surface area contributed by atoms with Crippen LogP contribution in [0, 0.1) is 5.82 Å². The molecule has 4 rings (SSSR count). The van der Waals surface area contributed by atoms with Crippen molar-refractivity contribution in [2.75, 3.05) is 55.6 Å². The first-order valence-corrected chi connectivity index (χ1v) is 10.2. The lowest BCUT2D eigenvalue weighted by Gasteiger charge is -2.36. The lowest BCUT2D eigenvalue weighted by Crippen LogP contribution is -2.50. The minimum absolute atomic E-state index is 0.125. The molecule has 3 heterocycles. The third-order valence-corrected chi connectivity index (χ3v) is 5.68. The molecule has 0 aliphatic carbocycles. The van der Waals surface area contributed by atoms with Gasteiger partial charge in [0.05, 0.1) is 31.0 Å². The summed E-state index contributed by atoms with van der Waals surface area (Å²) in [6.07, 6.45) is 0.385. The number of ether oxygens (including phenoxy) is 1. The average molecular weight is 419 g/mol. The van der Waals surface area contributed by atoms with Gasteiger partial charge in [0, 0.05) is 39.5 Å². The van der Waals surface area contributed by atoms with Crippen molar-refractivity contribution in [3.63, 3.8) is 0 Å². The quantitative estimate of drug-likeness (QED) is 0.782. The third-order valence-electron chi connectivity index (χ3n) is 5.68. The summed E-state index contributed by atoms with van der Waals surface area (Å²) in [6, 6.07) is 4.70. The number of hydrogen-bond acceptors (Lipinski definition) is 6. The van der Waals surface area contributed by atoms with Gasteiger partial charge in [0.25, 0.3) is 0 Å². The number of nitrogens with zero attached hydrogens (tertiary/aromatic N) is 4.